The van der Waals surface area contributed by atoms with Gasteiger partial charge in [-0.2, -0.15) is 5.48 Å². The van der Waals surface area contributed by atoms with E-state index in [9.17, 15) is 19.5 Å². The van der Waals surface area contributed by atoms with Crippen molar-refractivity contribution < 1.29 is 33.8 Å². The van der Waals surface area contributed by atoms with Crippen LogP contribution in [-0.2, 0) is 35.8 Å². The third kappa shape index (κ3) is 13.5. The van der Waals surface area contributed by atoms with Crippen LogP contribution in [0.1, 0.15) is 107 Å². The van der Waals surface area contributed by atoms with Gasteiger partial charge in [0.1, 0.15) is 17.8 Å². The van der Waals surface area contributed by atoms with Gasteiger partial charge in [0.25, 0.3) is 0 Å². The number of aliphatic hydroxyl groups is 1. The maximum atomic E-state index is 12.8. The summed E-state index contributed by atoms with van der Waals surface area (Å²) >= 11 is 0. The predicted molar refractivity (Wildman–Crippen MR) is 174 cm³/mol. The fraction of sp³-hybridized carbons (Fsp3) is 0.714. The van der Waals surface area contributed by atoms with Crippen molar-refractivity contribution in [2.24, 2.45) is 17.8 Å². The van der Waals surface area contributed by atoms with Gasteiger partial charge in [-0.1, -0.05) is 60.1 Å². The molecule has 0 aliphatic carbocycles. The van der Waals surface area contributed by atoms with E-state index >= 15 is 0 Å². The van der Waals surface area contributed by atoms with Crippen LogP contribution in [0.3, 0.4) is 0 Å². The number of unbranched alkanes of at least 4 members (excludes halogenated alkanes) is 1. The number of esters is 1. The summed E-state index contributed by atoms with van der Waals surface area (Å²) in [4.78, 5) is 42.8. The highest BCUT2D eigenvalue weighted by Gasteiger charge is 2.34. The van der Waals surface area contributed by atoms with Gasteiger partial charge in [0.15, 0.2) is 6.61 Å². The zero-order valence-electron chi connectivity index (χ0n) is 29.0. The Balaban J connectivity index is 3.34. The van der Waals surface area contributed by atoms with E-state index in [2.05, 4.69) is 51.5 Å². The molecule has 1 aromatic carbocycles. The van der Waals surface area contributed by atoms with E-state index in [0.29, 0.717) is 25.1 Å². The molecule has 4 atom stereocenters. The van der Waals surface area contributed by atoms with Crippen LogP contribution in [0.15, 0.2) is 23.8 Å². The number of nitrogens with one attached hydrogen (secondary N) is 2. The summed E-state index contributed by atoms with van der Waals surface area (Å²) in [6.45, 7) is 22.2. The van der Waals surface area contributed by atoms with Crippen molar-refractivity contribution in [2.45, 2.75) is 125 Å². The summed E-state index contributed by atoms with van der Waals surface area (Å²) in [5.41, 5.74) is 4.22. The largest absolute Gasteiger partial charge is 0.482 e. The molecule has 0 bridgehead atoms. The third-order valence-corrected chi connectivity index (χ3v) is 7.53. The first-order chi connectivity index (χ1) is 20.4. The average Bonchev–Trinajstić information content (AvgIpc) is 2.92. The maximum absolute atomic E-state index is 12.8. The van der Waals surface area contributed by atoms with Gasteiger partial charge < -0.3 is 19.9 Å². The van der Waals surface area contributed by atoms with Crippen molar-refractivity contribution in [1.82, 2.24) is 10.8 Å². The molecular formula is C35H58N2O7. The van der Waals surface area contributed by atoms with Gasteiger partial charge in [-0.3, -0.25) is 9.63 Å². The zero-order chi connectivity index (χ0) is 33.7. The van der Waals surface area contributed by atoms with Gasteiger partial charge in [0.05, 0.1) is 29.7 Å². The maximum Gasteiger partial charge on any atom is 0.344 e. The Kier molecular flexibility index (Phi) is 16.4. The number of ether oxygens (including phenoxy) is 2. The van der Waals surface area contributed by atoms with E-state index in [4.69, 9.17) is 14.3 Å². The van der Waals surface area contributed by atoms with E-state index in [1.807, 2.05) is 45.8 Å². The highest BCUT2D eigenvalue weighted by Crippen LogP contribution is 2.34. The summed E-state index contributed by atoms with van der Waals surface area (Å²) in [6.07, 6.45) is 1.55. The summed E-state index contributed by atoms with van der Waals surface area (Å²) in [5.74, 6) is 1.16. The summed E-state index contributed by atoms with van der Waals surface area (Å²) in [7, 11) is 0. The number of carbonyl (C=O) groups is 2. The molecule has 0 saturated carbocycles. The van der Waals surface area contributed by atoms with Crippen LogP contribution in [0.2, 0.25) is 0 Å². The van der Waals surface area contributed by atoms with Crippen molar-refractivity contribution in [1.29, 1.82) is 0 Å². The number of rotatable bonds is 18. The van der Waals surface area contributed by atoms with Crippen molar-refractivity contribution in [3.8, 4) is 5.75 Å². The minimum absolute atomic E-state index is 0.0132. The standard InChI is InChI=1S/C35H58N2O7/c1-12-14-17-36-33(41)24(5)27(21-38)32(40)29(37-44-35(9,10)11)20-26(23(3)4)18-25-15-16-28(34(6,7)8)30(19-25)43-22-31(39)42-13-2/h15-16,19,23-24,26,29,32,37,40H,12-14,17-18,20,22H2,1-11H3,(H,36,41)/t24-,26+,29+,32+/m1/s1. The van der Waals surface area contributed by atoms with E-state index in [1.54, 1.807) is 13.8 Å². The molecule has 0 aliphatic rings. The average molecular weight is 619 g/mol. The molecule has 0 heterocycles. The van der Waals surface area contributed by atoms with Crippen molar-refractivity contribution in [2.75, 3.05) is 19.8 Å². The minimum atomic E-state index is -1.30. The van der Waals surface area contributed by atoms with Crippen LogP contribution in [0.5, 0.6) is 5.75 Å². The van der Waals surface area contributed by atoms with E-state index < -0.39 is 29.6 Å². The van der Waals surface area contributed by atoms with Gasteiger partial charge in [-0.15, -0.1) is 0 Å². The fourth-order valence-electron chi connectivity index (χ4n) is 4.79. The Hall–Kier alpha value is -2.71. The second kappa shape index (κ2) is 18.3. The van der Waals surface area contributed by atoms with Gasteiger partial charge in [0.2, 0.25) is 5.91 Å². The molecule has 9 nitrogen and oxygen atoms in total. The highest BCUT2D eigenvalue weighted by atomic mass is 16.7. The van der Waals surface area contributed by atoms with Crippen molar-refractivity contribution in [3.63, 3.8) is 0 Å². The number of hydroxylamine groups is 1. The number of aliphatic hydroxyl groups excluding tert-OH is 1. The van der Waals surface area contributed by atoms with Crippen molar-refractivity contribution >= 4 is 17.8 Å². The van der Waals surface area contributed by atoms with Gasteiger partial charge in [-0.05, 0) is 88.3 Å². The Bertz CT molecular complexity index is 1100. The van der Waals surface area contributed by atoms with Crippen LogP contribution >= 0.6 is 0 Å². The summed E-state index contributed by atoms with van der Waals surface area (Å²) in [6, 6.07) is 5.39. The molecule has 0 radical (unpaired) electrons. The SMILES string of the molecule is CCCCNC(=O)[C@H](C)C(=C=O)[C@H](O)[C@H](C[C@H](Cc1ccc(C(C)(C)C)c(OCC(=O)OCC)c1)C(C)C)NOC(C)(C)C. The molecule has 0 aliphatic heterocycles. The molecule has 3 N–H and O–H groups in total. The smallest absolute Gasteiger partial charge is 0.344 e. The quantitative estimate of drug-likeness (QED) is 0.0854. The minimum Gasteiger partial charge on any atom is -0.482 e. The van der Waals surface area contributed by atoms with Crippen LogP contribution in [0.25, 0.3) is 0 Å². The molecule has 1 rings (SSSR count). The normalized spacial score (nSPS) is 14.8. The number of hydrogen-bond acceptors (Lipinski definition) is 8. The Morgan fingerprint density at radius 2 is 1.70 bits per heavy atom. The lowest BCUT2D eigenvalue weighted by atomic mass is 9.80. The van der Waals surface area contributed by atoms with Crippen LogP contribution in [0, 0.1) is 17.8 Å². The Morgan fingerprint density at radius 1 is 1.05 bits per heavy atom. The molecule has 0 spiro atoms. The van der Waals surface area contributed by atoms with Crippen LogP contribution < -0.4 is 15.5 Å². The molecule has 1 amide bonds. The molecular weight excluding hydrogens is 560 g/mol. The Morgan fingerprint density at radius 3 is 2.23 bits per heavy atom. The first-order valence-corrected chi connectivity index (χ1v) is 16.0. The van der Waals surface area contributed by atoms with Gasteiger partial charge >= 0.3 is 5.97 Å². The zero-order valence-corrected chi connectivity index (χ0v) is 29.0. The monoisotopic (exact) mass is 618 g/mol. The summed E-state index contributed by atoms with van der Waals surface area (Å²) < 4.78 is 11.0. The molecule has 0 fully saturated rings. The molecule has 9 heteroatoms. The van der Waals surface area contributed by atoms with E-state index in [1.165, 1.54) is 0 Å². The predicted octanol–water partition coefficient (Wildman–Crippen LogP) is 5.49. The number of carbonyl (C=O) groups excluding carboxylic acids is 3. The molecule has 44 heavy (non-hydrogen) atoms. The third-order valence-electron chi connectivity index (χ3n) is 7.53. The number of hydrogen-bond donors (Lipinski definition) is 3. The topological polar surface area (TPSA) is 123 Å². The fourth-order valence-corrected chi connectivity index (χ4v) is 4.79. The van der Waals surface area contributed by atoms with Crippen LogP contribution in [-0.4, -0.2) is 60.4 Å². The van der Waals surface area contributed by atoms with Crippen LogP contribution in [0.4, 0.5) is 0 Å². The lowest BCUT2D eigenvalue weighted by Crippen LogP contribution is -2.48. The van der Waals surface area contributed by atoms with Crippen molar-refractivity contribution in [3.05, 3.63) is 34.9 Å². The second-order valence-corrected chi connectivity index (χ2v) is 13.9. The van der Waals surface area contributed by atoms with Gasteiger partial charge in [0, 0.05) is 6.54 Å². The number of benzene rings is 1. The Labute approximate surface area is 265 Å². The molecule has 1 aromatic rings. The van der Waals surface area contributed by atoms with E-state index in [0.717, 1.165) is 24.0 Å². The lowest BCUT2D eigenvalue weighted by molar-refractivity contribution is -0.145. The highest BCUT2D eigenvalue weighted by molar-refractivity contribution is 5.84. The first kappa shape index (κ1) is 39.3. The first-order valence-electron chi connectivity index (χ1n) is 16.0. The lowest BCUT2D eigenvalue weighted by Gasteiger charge is -2.33. The molecule has 0 saturated heterocycles. The van der Waals surface area contributed by atoms with Gasteiger partial charge in [-0.25, -0.2) is 9.59 Å². The second-order valence-electron chi connectivity index (χ2n) is 13.9. The molecule has 250 valence electrons. The molecule has 0 aromatic heterocycles. The molecule has 0 unspecified atom stereocenters. The van der Waals surface area contributed by atoms with E-state index in [-0.39, 0.29) is 41.9 Å². The number of amides is 1. The summed E-state index contributed by atoms with van der Waals surface area (Å²) in [5, 5.41) is 14.3.